The van der Waals surface area contributed by atoms with E-state index in [9.17, 15) is 0 Å². The van der Waals surface area contributed by atoms with Gasteiger partial charge in [0.25, 0.3) is 0 Å². The van der Waals surface area contributed by atoms with Gasteiger partial charge in [-0.25, -0.2) is 0 Å². The SMILES string of the molecule is CCCCCC(NCCC)c1cc(Cl)c(OC)c(OC)c1. The Hall–Kier alpha value is -0.930. The summed E-state index contributed by atoms with van der Waals surface area (Å²) in [4.78, 5) is 0. The maximum Gasteiger partial charge on any atom is 0.179 e. The number of hydrogen-bond donors (Lipinski definition) is 1. The number of unbranched alkanes of at least 4 members (excludes halogenated alkanes) is 2. The first-order valence-electron chi connectivity index (χ1n) is 7.82. The zero-order valence-corrected chi connectivity index (χ0v) is 14.4. The van der Waals surface area contributed by atoms with Crippen molar-refractivity contribution in [2.45, 2.75) is 52.0 Å². The van der Waals surface area contributed by atoms with Crippen LogP contribution in [0.25, 0.3) is 0 Å². The van der Waals surface area contributed by atoms with Crippen LogP contribution in [0, 0.1) is 0 Å². The van der Waals surface area contributed by atoms with Crippen LogP contribution in [0.5, 0.6) is 11.5 Å². The van der Waals surface area contributed by atoms with Gasteiger partial charge in [-0.3, -0.25) is 0 Å². The van der Waals surface area contributed by atoms with Crippen LogP contribution in [-0.2, 0) is 0 Å². The van der Waals surface area contributed by atoms with Crippen LogP contribution in [0.1, 0.15) is 57.6 Å². The molecule has 1 N–H and O–H groups in total. The number of ether oxygens (including phenoxy) is 2. The normalized spacial score (nSPS) is 12.2. The molecule has 0 bridgehead atoms. The molecule has 0 aliphatic carbocycles. The van der Waals surface area contributed by atoms with E-state index >= 15 is 0 Å². The summed E-state index contributed by atoms with van der Waals surface area (Å²) in [5.74, 6) is 1.30. The molecule has 1 rings (SSSR count). The van der Waals surface area contributed by atoms with Gasteiger partial charge in [0.15, 0.2) is 11.5 Å². The van der Waals surface area contributed by atoms with Crippen molar-refractivity contribution in [3.8, 4) is 11.5 Å². The maximum atomic E-state index is 6.32. The number of methoxy groups -OCH3 is 2. The van der Waals surface area contributed by atoms with Gasteiger partial charge >= 0.3 is 0 Å². The maximum absolute atomic E-state index is 6.32. The summed E-state index contributed by atoms with van der Waals surface area (Å²) in [6.07, 6.45) is 5.92. The molecule has 1 aromatic rings. The average Bonchev–Trinajstić information content (AvgIpc) is 2.49. The summed E-state index contributed by atoms with van der Waals surface area (Å²) in [6, 6.07) is 4.33. The molecule has 120 valence electrons. The van der Waals surface area contributed by atoms with Gasteiger partial charge in [0.2, 0.25) is 0 Å². The summed E-state index contributed by atoms with van der Waals surface area (Å²) in [5.41, 5.74) is 1.17. The molecule has 0 aliphatic rings. The molecule has 0 fully saturated rings. The molecule has 0 heterocycles. The molecule has 0 aromatic heterocycles. The first-order chi connectivity index (χ1) is 10.2. The Morgan fingerprint density at radius 2 is 1.86 bits per heavy atom. The van der Waals surface area contributed by atoms with E-state index in [1.807, 2.05) is 12.1 Å². The summed E-state index contributed by atoms with van der Waals surface area (Å²) in [5, 5.41) is 4.21. The third-order valence-corrected chi connectivity index (χ3v) is 3.88. The van der Waals surface area contributed by atoms with Crippen molar-refractivity contribution in [2.75, 3.05) is 20.8 Å². The fourth-order valence-corrected chi connectivity index (χ4v) is 2.74. The molecule has 1 aromatic carbocycles. The molecule has 0 spiro atoms. The summed E-state index contributed by atoms with van der Waals surface area (Å²) < 4.78 is 10.7. The van der Waals surface area contributed by atoms with Gasteiger partial charge in [-0.05, 0) is 37.1 Å². The summed E-state index contributed by atoms with van der Waals surface area (Å²) in [7, 11) is 3.25. The van der Waals surface area contributed by atoms with E-state index in [0.717, 1.165) is 19.4 Å². The van der Waals surface area contributed by atoms with Crippen molar-refractivity contribution >= 4 is 11.6 Å². The van der Waals surface area contributed by atoms with Crippen LogP contribution in [0.3, 0.4) is 0 Å². The molecule has 0 amide bonds. The predicted molar refractivity (Wildman–Crippen MR) is 89.7 cm³/mol. The lowest BCUT2D eigenvalue weighted by molar-refractivity contribution is 0.353. The molecule has 0 aliphatic heterocycles. The fraction of sp³-hybridized carbons (Fsp3) is 0.647. The molecular formula is C17H28ClNO2. The van der Waals surface area contributed by atoms with E-state index in [1.54, 1.807) is 14.2 Å². The molecule has 4 heteroatoms. The average molecular weight is 314 g/mol. The van der Waals surface area contributed by atoms with Crippen LogP contribution >= 0.6 is 11.6 Å². The molecule has 0 saturated heterocycles. The van der Waals surface area contributed by atoms with Gasteiger partial charge in [0.1, 0.15) is 0 Å². The van der Waals surface area contributed by atoms with Crippen LogP contribution < -0.4 is 14.8 Å². The van der Waals surface area contributed by atoms with Crippen LogP contribution in [0.4, 0.5) is 0 Å². The standard InChI is InChI=1S/C17H28ClNO2/c1-5-7-8-9-15(19-10-6-2)13-11-14(18)17(21-4)16(12-13)20-3/h11-12,15,19H,5-10H2,1-4H3. The van der Waals surface area contributed by atoms with E-state index in [4.69, 9.17) is 21.1 Å². The minimum absolute atomic E-state index is 0.314. The Balaban J connectivity index is 2.96. The monoisotopic (exact) mass is 313 g/mol. The van der Waals surface area contributed by atoms with Crippen LogP contribution in [0.2, 0.25) is 5.02 Å². The van der Waals surface area contributed by atoms with Crippen molar-refractivity contribution in [1.29, 1.82) is 0 Å². The number of halogens is 1. The van der Waals surface area contributed by atoms with Gasteiger partial charge in [0.05, 0.1) is 19.2 Å². The Morgan fingerprint density at radius 1 is 1.10 bits per heavy atom. The second-order valence-corrected chi connectivity index (χ2v) is 5.65. The van der Waals surface area contributed by atoms with E-state index in [0.29, 0.717) is 22.6 Å². The molecule has 1 unspecified atom stereocenters. The van der Waals surface area contributed by atoms with Gasteiger partial charge in [-0.15, -0.1) is 0 Å². The van der Waals surface area contributed by atoms with E-state index in [2.05, 4.69) is 19.2 Å². The lowest BCUT2D eigenvalue weighted by Gasteiger charge is -2.21. The van der Waals surface area contributed by atoms with Crippen molar-refractivity contribution < 1.29 is 9.47 Å². The first kappa shape index (κ1) is 18.1. The highest BCUT2D eigenvalue weighted by Gasteiger charge is 2.16. The number of hydrogen-bond acceptors (Lipinski definition) is 3. The largest absolute Gasteiger partial charge is 0.493 e. The molecular weight excluding hydrogens is 286 g/mol. The Morgan fingerprint density at radius 3 is 2.43 bits per heavy atom. The molecule has 3 nitrogen and oxygen atoms in total. The van der Waals surface area contributed by atoms with Gasteiger partial charge in [-0.1, -0.05) is 44.7 Å². The summed E-state index contributed by atoms with van der Waals surface area (Å²) >= 11 is 6.32. The highest BCUT2D eigenvalue weighted by molar-refractivity contribution is 6.32. The van der Waals surface area contributed by atoms with E-state index in [-0.39, 0.29) is 0 Å². The third-order valence-electron chi connectivity index (χ3n) is 3.60. The highest BCUT2D eigenvalue weighted by Crippen LogP contribution is 2.38. The van der Waals surface area contributed by atoms with Gasteiger partial charge in [0, 0.05) is 6.04 Å². The van der Waals surface area contributed by atoms with Crippen molar-refractivity contribution in [3.05, 3.63) is 22.7 Å². The van der Waals surface area contributed by atoms with Crippen molar-refractivity contribution in [2.24, 2.45) is 0 Å². The Kier molecular flexibility index (Phi) is 8.55. The zero-order chi connectivity index (χ0) is 15.7. The number of nitrogens with one attached hydrogen (secondary N) is 1. The van der Waals surface area contributed by atoms with E-state index in [1.165, 1.54) is 24.8 Å². The Bertz CT molecular complexity index is 423. The quantitative estimate of drug-likeness (QED) is 0.618. The second-order valence-electron chi connectivity index (χ2n) is 5.24. The topological polar surface area (TPSA) is 30.5 Å². The van der Waals surface area contributed by atoms with Gasteiger partial charge < -0.3 is 14.8 Å². The van der Waals surface area contributed by atoms with Crippen molar-refractivity contribution in [1.82, 2.24) is 5.32 Å². The number of benzene rings is 1. The Labute approximate surface area is 134 Å². The van der Waals surface area contributed by atoms with Crippen molar-refractivity contribution in [3.63, 3.8) is 0 Å². The molecule has 21 heavy (non-hydrogen) atoms. The summed E-state index contributed by atoms with van der Waals surface area (Å²) in [6.45, 7) is 5.40. The number of rotatable bonds is 10. The zero-order valence-electron chi connectivity index (χ0n) is 13.7. The third kappa shape index (κ3) is 5.40. The lowest BCUT2D eigenvalue weighted by atomic mass is 9.99. The van der Waals surface area contributed by atoms with Crippen LogP contribution in [-0.4, -0.2) is 20.8 Å². The molecule has 0 radical (unpaired) electrons. The second kappa shape index (κ2) is 9.91. The fourth-order valence-electron chi connectivity index (χ4n) is 2.44. The first-order valence-corrected chi connectivity index (χ1v) is 8.20. The smallest absolute Gasteiger partial charge is 0.179 e. The molecule has 0 saturated carbocycles. The van der Waals surface area contributed by atoms with Gasteiger partial charge in [-0.2, -0.15) is 0 Å². The van der Waals surface area contributed by atoms with Crippen LogP contribution in [0.15, 0.2) is 12.1 Å². The molecule has 1 atom stereocenters. The predicted octanol–water partition coefficient (Wildman–Crippen LogP) is 4.98. The van der Waals surface area contributed by atoms with E-state index < -0.39 is 0 Å². The highest BCUT2D eigenvalue weighted by atomic mass is 35.5. The minimum Gasteiger partial charge on any atom is -0.493 e. The minimum atomic E-state index is 0.314. The lowest BCUT2D eigenvalue weighted by Crippen LogP contribution is -2.22.